The molecule has 1 unspecified atom stereocenters. The highest BCUT2D eigenvalue weighted by molar-refractivity contribution is 6.30. The Morgan fingerprint density at radius 3 is 1.41 bits per heavy atom. The van der Waals surface area contributed by atoms with Crippen LogP contribution in [0.3, 0.4) is 0 Å². The van der Waals surface area contributed by atoms with Gasteiger partial charge in [0.05, 0.1) is 6.61 Å². The van der Waals surface area contributed by atoms with Crippen LogP contribution in [0.1, 0.15) is 115 Å². The lowest BCUT2D eigenvalue weighted by Gasteiger charge is -2.31. The average molecular weight is 1550 g/mol. The molecule has 30 nitrogen and oxygen atoms in total. The maximum absolute atomic E-state index is 15.3. The number of fused-ring (bicyclic) bond motifs is 1. The number of aliphatic carboxylic acids is 1. The predicted octanol–water partition coefficient (Wildman–Crippen LogP) is 3.16. The molecule has 15 N–H and O–H groups in total. The van der Waals surface area contributed by atoms with E-state index in [1.807, 2.05) is 56.3 Å². The van der Waals surface area contributed by atoms with E-state index in [4.69, 9.17) is 11.6 Å². The highest BCUT2D eigenvalue weighted by Gasteiger charge is 2.41. The van der Waals surface area contributed by atoms with Crippen LogP contribution >= 0.6 is 11.6 Å². The number of aliphatic hydroxyl groups excluding tert-OH is 1. The Kier molecular flexibility index (Phi) is 33.9. The van der Waals surface area contributed by atoms with Crippen molar-refractivity contribution < 1.29 is 72.5 Å². The molecule has 0 saturated carbocycles. The van der Waals surface area contributed by atoms with Gasteiger partial charge in [0, 0.05) is 94.3 Å². The molecule has 12 amide bonds. The third kappa shape index (κ3) is 28.3. The highest BCUT2D eigenvalue weighted by Crippen LogP contribution is 2.23. The fraction of sp³-hybridized carbons (Fsp3) is 0.425. The van der Waals surface area contributed by atoms with Crippen molar-refractivity contribution in [1.29, 1.82) is 0 Å². The number of pyridine rings is 1. The number of carboxylic acid groups (broad SMARTS) is 1. The summed E-state index contributed by atoms with van der Waals surface area (Å²) >= 11 is 6.26. The number of likely N-dealkylation sites (N-methyl/N-ethyl adjacent to an activating group) is 1. The number of hydrogen-bond donors (Lipinski definition) is 15. The zero-order valence-electron chi connectivity index (χ0n) is 63.6. The molecule has 7 rings (SSSR count). The molecule has 1 saturated heterocycles. The lowest BCUT2D eigenvalue weighted by molar-refractivity contribution is -0.145. The summed E-state index contributed by atoms with van der Waals surface area (Å²) in [6.07, 6.45) is 2.23. The SMILES string of the molecule is CNC(NC(=O)[C@@H]1CCCN1C(=O)[C@H](CCCCNC(C)C)NC(=O)[C@H](CC(C)C)NC(=O)[C@@H](Cc1ccc(NC(C)=O)cc1)NC(=O)[C@H](Cc1ccc(NC(C)=O)cc1)NC(=O)[C@H](CO)NC(=O)[C@@H](Cc1cccnc1)NC(=O)[C@@H](Cc1ccc(Cl)cc1)NC(=O)[C@@H](Cc1ccc2ccccc2c1)NC(C)=O)C(=O)O. The average Bonchev–Trinajstić information content (AvgIpc) is 1.79. The monoisotopic (exact) mass is 1550 g/mol. The Bertz CT molecular complexity index is 4210. The number of halogens is 1. The second kappa shape index (κ2) is 43.3. The second-order valence-corrected chi connectivity index (χ2v) is 28.7. The third-order valence-corrected chi connectivity index (χ3v) is 18.6. The van der Waals surface area contributed by atoms with Crippen molar-refractivity contribution in [2.24, 2.45) is 5.92 Å². The van der Waals surface area contributed by atoms with Gasteiger partial charge in [-0.3, -0.25) is 67.8 Å². The van der Waals surface area contributed by atoms with Crippen molar-refractivity contribution >= 4 is 111 Å². The molecule has 1 aromatic heterocycles. The molecular formula is C80H102ClN15O15. The number of carbonyl (C=O) groups excluding carboxylic acids is 12. The standard InChI is InChI=1S/C80H102ClN15O15/c1-46(2)37-62(71(101)88-61(18-11-12-35-84-47(3)4)79(109)96-36-14-19-69(96)78(108)95-70(82-8)80(110)111)89-73(103)65(40-52-23-30-59(31-24-52)85-48(5)98)91-75(105)66(41-53-25-32-60(33-26-53)86-49(6)99)93-77(107)68(45-97)94-76(106)67(43-55-15-13-34-83-44-55)92-74(104)64(39-51-21-28-58(81)29-22-51)90-72(102)63(87-50(7)100)42-54-20-27-56-16-9-10-17-57(56)38-54/h9-10,13,15-17,20-34,38,44,46-47,61-70,82,84,97H,11-12,14,18-19,35-37,39-43,45H2,1-8H3,(H,85,98)(H,86,99)(H,87,100)(H,88,101)(H,89,103)(H,90,102)(H,91,105)(H,92,104)(H,93,107)(H,94,106)(H,95,108)(H,110,111)/t61-,62-,63+,64+,65+,66-,67+,68-,69-,70?/m0/s1. The molecular weight excluding hydrogens is 1450 g/mol. The molecule has 2 heterocycles. The number of carbonyl (C=O) groups is 13. The van der Waals surface area contributed by atoms with Gasteiger partial charge in [0.25, 0.3) is 0 Å². The molecule has 0 bridgehead atoms. The molecule has 10 atom stereocenters. The van der Waals surface area contributed by atoms with Crippen LogP contribution in [0.5, 0.6) is 0 Å². The zero-order valence-corrected chi connectivity index (χ0v) is 64.3. The van der Waals surface area contributed by atoms with E-state index >= 15 is 9.59 Å². The van der Waals surface area contributed by atoms with Gasteiger partial charge in [-0.1, -0.05) is 124 Å². The number of carboxylic acids is 1. The van der Waals surface area contributed by atoms with Gasteiger partial charge in [-0.15, -0.1) is 0 Å². The van der Waals surface area contributed by atoms with Crippen LogP contribution in [0.4, 0.5) is 11.4 Å². The van der Waals surface area contributed by atoms with Crippen molar-refractivity contribution in [1.82, 2.24) is 68.4 Å². The molecule has 31 heteroatoms. The number of amides is 12. The largest absolute Gasteiger partial charge is 0.479 e. The van der Waals surface area contributed by atoms with E-state index in [0.717, 1.165) is 10.8 Å². The predicted molar refractivity (Wildman–Crippen MR) is 418 cm³/mol. The van der Waals surface area contributed by atoms with E-state index < -0.39 is 132 Å². The van der Waals surface area contributed by atoms with Crippen molar-refractivity contribution in [3.05, 3.63) is 173 Å². The quantitative estimate of drug-likeness (QED) is 0.0194. The lowest BCUT2D eigenvalue weighted by Crippen LogP contribution is -2.62. The summed E-state index contributed by atoms with van der Waals surface area (Å²) in [5.74, 6) is -10.6. The van der Waals surface area contributed by atoms with Gasteiger partial charge in [0.15, 0.2) is 6.17 Å². The fourth-order valence-corrected chi connectivity index (χ4v) is 12.9. The normalized spacial score (nSPS) is 15.0. The number of nitrogens with zero attached hydrogens (tertiary/aromatic N) is 2. The summed E-state index contributed by atoms with van der Waals surface area (Å²) in [6, 6.07) is 22.7. The summed E-state index contributed by atoms with van der Waals surface area (Å²) in [5.41, 5.74) is 3.31. The van der Waals surface area contributed by atoms with E-state index in [1.165, 1.54) is 45.1 Å². The minimum Gasteiger partial charge on any atom is -0.479 e. The first-order valence-electron chi connectivity index (χ1n) is 37.0. The van der Waals surface area contributed by atoms with E-state index in [-0.39, 0.29) is 81.7 Å². The number of rotatable bonds is 41. The van der Waals surface area contributed by atoms with Gasteiger partial charge < -0.3 is 78.9 Å². The summed E-state index contributed by atoms with van der Waals surface area (Å²) < 4.78 is 0. The fourth-order valence-electron chi connectivity index (χ4n) is 12.8. The first kappa shape index (κ1) is 87.0. The van der Waals surface area contributed by atoms with Crippen molar-refractivity contribution in [2.45, 2.75) is 186 Å². The molecule has 1 aliphatic rings. The number of nitrogens with one attached hydrogen (secondary N) is 13. The van der Waals surface area contributed by atoms with Crippen molar-refractivity contribution in [3.63, 3.8) is 0 Å². The van der Waals surface area contributed by atoms with Crippen LogP contribution < -0.4 is 69.1 Å². The smallest absolute Gasteiger partial charge is 0.341 e. The van der Waals surface area contributed by atoms with E-state index in [0.29, 0.717) is 70.0 Å². The topological polar surface area (TPSA) is 435 Å². The molecule has 111 heavy (non-hydrogen) atoms. The van der Waals surface area contributed by atoms with E-state index in [9.17, 15) is 63.0 Å². The van der Waals surface area contributed by atoms with Gasteiger partial charge in [-0.05, 0) is 139 Å². The maximum Gasteiger partial charge on any atom is 0.341 e. The molecule has 1 aliphatic heterocycles. The summed E-state index contributed by atoms with van der Waals surface area (Å²) in [4.78, 5) is 187. The molecule has 0 radical (unpaired) electrons. The Morgan fingerprint density at radius 1 is 0.495 bits per heavy atom. The van der Waals surface area contributed by atoms with E-state index in [2.05, 4.69) is 74.1 Å². The number of hydrogen-bond acceptors (Lipinski definition) is 17. The highest BCUT2D eigenvalue weighted by atomic mass is 35.5. The molecule has 6 aromatic rings. The van der Waals surface area contributed by atoms with Crippen LogP contribution in [-0.4, -0.2) is 190 Å². The van der Waals surface area contributed by atoms with Gasteiger partial charge in [0.1, 0.15) is 54.4 Å². The number of aliphatic hydroxyl groups is 1. The minimum absolute atomic E-state index is 0.000641. The maximum atomic E-state index is 15.3. The zero-order chi connectivity index (χ0) is 80.8. The molecule has 0 aliphatic carbocycles. The Balaban J connectivity index is 1.18. The van der Waals surface area contributed by atoms with Crippen LogP contribution in [0.15, 0.2) is 140 Å². The summed E-state index contributed by atoms with van der Waals surface area (Å²) in [6.45, 7) is 11.1. The van der Waals surface area contributed by atoms with Crippen molar-refractivity contribution in [2.75, 3.05) is 37.4 Å². The third-order valence-electron chi connectivity index (χ3n) is 18.3. The number of benzene rings is 5. The van der Waals surface area contributed by atoms with Gasteiger partial charge in [-0.25, -0.2) is 4.79 Å². The number of likely N-dealkylation sites (tertiary alicyclic amines) is 1. The summed E-state index contributed by atoms with van der Waals surface area (Å²) in [5, 5.41) is 58.4. The Hall–Kier alpha value is -11.2. The van der Waals surface area contributed by atoms with Crippen molar-refractivity contribution in [3.8, 4) is 0 Å². The van der Waals surface area contributed by atoms with Gasteiger partial charge >= 0.3 is 5.97 Å². The Morgan fingerprint density at radius 2 is 0.946 bits per heavy atom. The number of anilines is 2. The molecule has 1 fully saturated rings. The van der Waals surface area contributed by atoms with E-state index in [1.54, 1.807) is 98.8 Å². The number of unbranched alkanes of at least 4 members (excludes halogenated alkanes) is 1. The summed E-state index contributed by atoms with van der Waals surface area (Å²) in [7, 11) is 1.35. The minimum atomic E-state index is -1.86. The van der Waals surface area contributed by atoms with Crippen LogP contribution in [0.25, 0.3) is 10.8 Å². The first-order chi connectivity index (χ1) is 52.9. The van der Waals surface area contributed by atoms with Crippen LogP contribution in [-0.2, 0) is 94.4 Å². The molecule has 594 valence electrons. The van der Waals surface area contributed by atoms with Gasteiger partial charge in [-0.2, -0.15) is 0 Å². The molecule has 5 aromatic carbocycles. The Labute approximate surface area is 650 Å². The van der Waals surface area contributed by atoms with Gasteiger partial charge in [0.2, 0.25) is 70.9 Å². The molecule has 0 spiro atoms. The number of aromatic nitrogens is 1. The first-order valence-corrected chi connectivity index (χ1v) is 37.4. The lowest BCUT2D eigenvalue weighted by atomic mass is 9.99. The van der Waals surface area contributed by atoms with Crippen LogP contribution in [0, 0.1) is 5.92 Å². The van der Waals surface area contributed by atoms with Crippen LogP contribution in [0.2, 0.25) is 5.02 Å². The second-order valence-electron chi connectivity index (χ2n) is 28.3.